The molecule has 0 amide bonds. The lowest BCUT2D eigenvalue weighted by Gasteiger charge is -2.11. The third-order valence-corrected chi connectivity index (χ3v) is 5.52. The van der Waals surface area contributed by atoms with Crippen LogP contribution in [0.15, 0.2) is 47.4 Å². The summed E-state index contributed by atoms with van der Waals surface area (Å²) >= 11 is 5.53. The van der Waals surface area contributed by atoms with E-state index in [1.165, 1.54) is 0 Å². The maximum Gasteiger partial charge on any atom is 0.261 e. The van der Waals surface area contributed by atoms with E-state index in [4.69, 9.17) is 0 Å². The topological polar surface area (TPSA) is 46.2 Å². The quantitative estimate of drug-likeness (QED) is 0.540. The molecule has 0 unspecified atom stereocenters. The number of halogens is 2. The van der Waals surface area contributed by atoms with Gasteiger partial charge >= 0.3 is 0 Å². The summed E-state index contributed by atoms with van der Waals surface area (Å²) in [5.74, 6) is 0. The van der Waals surface area contributed by atoms with E-state index in [0.717, 1.165) is 14.7 Å². The maximum absolute atomic E-state index is 12.3. The molecule has 2 aromatic rings. The third kappa shape index (κ3) is 3.73. The fourth-order valence-electron chi connectivity index (χ4n) is 1.70. The van der Waals surface area contributed by atoms with Gasteiger partial charge in [-0.15, -0.1) is 0 Å². The van der Waals surface area contributed by atoms with Crippen molar-refractivity contribution in [2.75, 3.05) is 4.72 Å². The third-order valence-electron chi connectivity index (χ3n) is 2.82. The molecule has 0 saturated carbocycles. The molecular weight excluding hydrogens is 453 g/mol. The van der Waals surface area contributed by atoms with Crippen molar-refractivity contribution in [1.29, 1.82) is 0 Å². The van der Waals surface area contributed by atoms with Crippen LogP contribution in [0.2, 0.25) is 0 Å². The van der Waals surface area contributed by atoms with E-state index in [0.29, 0.717) is 11.0 Å². The maximum atomic E-state index is 12.3. The van der Waals surface area contributed by atoms with Gasteiger partial charge in [-0.2, -0.15) is 0 Å². The first-order valence-electron chi connectivity index (χ1n) is 5.86. The van der Waals surface area contributed by atoms with E-state index < -0.39 is 10.0 Å². The minimum atomic E-state index is -3.54. The van der Waals surface area contributed by atoms with Gasteiger partial charge in [-0.1, -0.05) is 28.1 Å². The smallest absolute Gasteiger partial charge is 0.261 e. The fourth-order valence-corrected chi connectivity index (χ4v) is 3.85. The molecule has 2 aromatic carbocycles. The molecule has 6 heteroatoms. The average Bonchev–Trinajstić information content (AvgIpc) is 2.42. The molecule has 1 N–H and O–H groups in total. The van der Waals surface area contributed by atoms with Crippen molar-refractivity contribution in [3.63, 3.8) is 0 Å². The Labute approximate surface area is 141 Å². The van der Waals surface area contributed by atoms with Crippen molar-refractivity contribution in [3.8, 4) is 0 Å². The summed E-state index contributed by atoms with van der Waals surface area (Å²) < 4.78 is 28.3. The zero-order valence-corrected chi connectivity index (χ0v) is 15.3. The molecule has 0 radical (unpaired) electrons. The summed E-state index contributed by atoms with van der Waals surface area (Å²) in [5.41, 5.74) is 2.54. The van der Waals surface area contributed by atoms with Crippen LogP contribution in [-0.2, 0) is 15.4 Å². The van der Waals surface area contributed by atoms with Crippen LogP contribution >= 0.6 is 38.5 Å². The fraction of sp³-hybridized carbons (Fsp3) is 0.143. The highest BCUT2D eigenvalue weighted by atomic mass is 127. The Bertz CT molecular complexity index is 714. The molecule has 0 aromatic heterocycles. The zero-order valence-electron chi connectivity index (χ0n) is 10.7. The molecule has 0 aliphatic heterocycles. The van der Waals surface area contributed by atoms with Gasteiger partial charge in [-0.3, -0.25) is 4.72 Å². The molecule has 0 aliphatic rings. The number of sulfonamides is 1. The number of alkyl halides is 1. The number of anilines is 1. The Morgan fingerprint density at radius 2 is 1.80 bits per heavy atom. The van der Waals surface area contributed by atoms with E-state index in [-0.39, 0.29) is 4.90 Å². The number of hydrogen-bond acceptors (Lipinski definition) is 2. The predicted octanol–water partition coefficient (Wildman–Crippen LogP) is 4.30. The number of benzene rings is 2. The predicted molar refractivity (Wildman–Crippen MR) is 93.8 cm³/mol. The van der Waals surface area contributed by atoms with E-state index >= 15 is 0 Å². The Balaban J connectivity index is 2.30. The van der Waals surface area contributed by atoms with Gasteiger partial charge in [0.05, 0.1) is 10.6 Å². The molecule has 0 bridgehead atoms. The first-order chi connectivity index (χ1) is 9.42. The molecule has 3 nitrogen and oxygen atoms in total. The average molecular weight is 466 g/mol. The summed E-state index contributed by atoms with van der Waals surface area (Å²) in [6.45, 7) is 1.88. The molecule has 2 rings (SSSR count). The summed E-state index contributed by atoms with van der Waals surface area (Å²) in [6.07, 6.45) is 0. The van der Waals surface area contributed by atoms with Gasteiger partial charge in [0.15, 0.2) is 0 Å². The first-order valence-corrected chi connectivity index (χ1v) is 9.54. The van der Waals surface area contributed by atoms with Crippen LogP contribution in [0.1, 0.15) is 11.1 Å². The monoisotopic (exact) mass is 465 g/mol. The Hall–Kier alpha value is -0.600. The van der Waals surface area contributed by atoms with Crippen molar-refractivity contribution in [2.24, 2.45) is 0 Å². The van der Waals surface area contributed by atoms with Gasteiger partial charge in [0, 0.05) is 8.90 Å². The van der Waals surface area contributed by atoms with Crippen molar-refractivity contribution in [1.82, 2.24) is 0 Å². The summed E-state index contributed by atoms with van der Waals surface area (Å²) in [5, 5.41) is 0.705. The van der Waals surface area contributed by atoms with Crippen LogP contribution in [0, 0.1) is 10.5 Å². The Morgan fingerprint density at radius 3 is 2.35 bits per heavy atom. The second-order valence-electron chi connectivity index (χ2n) is 4.34. The summed E-state index contributed by atoms with van der Waals surface area (Å²) in [6, 6.07) is 12.4. The molecule has 0 spiro atoms. The second-order valence-corrected chi connectivity index (χ2v) is 7.83. The number of hydrogen-bond donors (Lipinski definition) is 1. The van der Waals surface area contributed by atoms with Gasteiger partial charge < -0.3 is 0 Å². The first kappa shape index (κ1) is 15.8. The van der Waals surface area contributed by atoms with Crippen LogP contribution in [0.25, 0.3) is 0 Å². The van der Waals surface area contributed by atoms with E-state index in [1.54, 1.807) is 30.3 Å². The van der Waals surface area contributed by atoms with Gasteiger partial charge in [-0.05, 0) is 71.0 Å². The van der Waals surface area contributed by atoms with Crippen molar-refractivity contribution in [3.05, 3.63) is 57.2 Å². The summed E-state index contributed by atoms with van der Waals surface area (Å²) in [4.78, 5) is 0.264. The van der Waals surface area contributed by atoms with Gasteiger partial charge in [-0.25, -0.2) is 8.42 Å². The second kappa shape index (κ2) is 6.44. The van der Waals surface area contributed by atoms with Crippen molar-refractivity contribution >= 4 is 54.2 Å². The SMILES string of the molecule is Cc1cc(I)ccc1NS(=O)(=O)c1ccc(CBr)cc1. The number of aryl methyl sites for hydroxylation is 1. The lowest BCUT2D eigenvalue weighted by atomic mass is 10.2. The largest absolute Gasteiger partial charge is 0.279 e. The Kier molecular flexibility index (Phi) is 5.09. The molecule has 20 heavy (non-hydrogen) atoms. The highest BCUT2D eigenvalue weighted by molar-refractivity contribution is 14.1. The molecule has 0 heterocycles. The molecule has 0 fully saturated rings. The van der Waals surface area contributed by atoms with Crippen LogP contribution in [0.4, 0.5) is 5.69 Å². The van der Waals surface area contributed by atoms with E-state index in [1.807, 2.05) is 19.1 Å². The van der Waals surface area contributed by atoms with Gasteiger partial charge in [0.1, 0.15) is 0 Å². The normalized spacial score (nSPS) is 11.3. The standard InChI is InChI=1S/C14H13BrINO2S/c1-10-8-12(16)4-7-14(10)17-20(18,19)13-5-2-11(9-15)3-6-13/h2-8,17H,9H2,1H3. The van der Waals surface area contributed by atoms with Crippen molar-refractivity contribution < 1.29 is 8.42 Å². The van der Waals surface area contributed by atoms with Crippen LogP contribution < -0.4 is 4.72 Å². The minimum Gasteiger partial charge on any atom is -0.279 e. The number of nitrogens with one attached hydrogen (secondary N) is 1. The number of rotatable bonds is 4. The molecule has 0 saturated heterocycles. The summed E-state index contributed by atoms with van der Waals surface area (Å²) in [7, 11) is -3.54. The minimum absolute atomic E-state index is 0.264. The lowest BCUT2D eigenvalue weighted by Crippen LogP contribution is -2.13. The van der Waals surface area contributed by atoms with Crippen LogP contribution in [-0.4, -0.2) is 8.42 Å². The van der Waals surface area contributed by atoms with Crippen LogP contribution in [0.3, 0.4) is 0 Å². The molecular formula is C14H13BrINO2S. The van der Waals surface area contributed by atoms with Crippen LogP contribution in [0.5, 0.6) is 0 Å². The van der Waals surface area contributed by atoms with Gasteiger partial charge in [0.2, 0.25) is 0 Å². The Morgan fingerprint density at radius 1 is 1.15 bits per heavy atom. The van der Waals surface area contributed by atoms with Gasteiger partial charge in [0.25, 0.3) is 10.0 Å². The highest BCUT2D eigenvalue weighted by Gasteiger charge is 2.15. The lowest BCUT2D eigenvalue weighted by molar-refractivity contribution is 0.601. The van der Waals surface area contributed by atoms with E-state index in [9.17, 15) is 8.42 Å². The highest BCUT2D eigenvalue weighted by Crippen LogP contribution is 2.22. The van der Waals surface area contributed by atoms with Crippen molar-refractivity contribution in [2.45, 2.75) is 17.1 Å². The molecule has 106 valence electrons. The van der Waals surface area contributed by atoms with E-state index in [2.05, 4.69) is 43.2 Å². The zero-order chi connectivity index (χ0) is 14.8. The molecule has 0 atom stereocenters. The molecule has 0 aliphatic carbocycles.